The van der Waals surface area contributed by atoms with Crippen molar-refractivity contribution >= 4 is 5.91 Å². The monoisotopic (exact) mass is 362 g/mol. The summed E-state index contributed by atoms with van der Waals surface area (Å²) in [5.74, 6) is 0.764. The fourth-order valence-electron chi connectivity index (χ4n) is 3.88. The Morgan fingerprint density at radius 2 is 2.12 bits per heavy atom. The van der Waals surface area contributed by atoms with Gasteiger partial charge in [0, 0.05) is 38.4 Å². The van der Waals surface area contributed by atoms with E-state index in [4.69, 9.17) is 4.74 Å². The second-order valence-corrected chi connectivity index (χ2v) is 7.87. The number of hydrogen-bond acceptors (Lipinski definition) is 5. The highest BCUT2D eigenvalue weighted by Crippen LogP contribution is 2.20. The molecule has 1 aromatic heterocycles. The van der Waals surface area contributed by atoms with Crippen LogP contribution in [-0.4, -0.2) is 71.6 Å². The lowest BCUT2D eigenvalue weighted by Crippen LogP contribution is -2.46. The minimum Gasteiger partial charge on any atom is -0.379 e. The predicted octanol–water partition coefficient (Wildman–Crippen LogP) is 1.15. The highest BCUT2D eigenvalue weighted by atomic mass is 16.5. The molecule has 7 heteroatoms. The summed E-state index contributed by atoms with van der Waals surface area (Å²) >= 11 is 0. The Labute approximate surface area is 154 Å². The van der Waals surface area contributed by atoms with Crippen molar-refractivity contribution in [2.75, 3.05) is 45.9 Å². The van der Waals surface area contributed by atoms with E-state index in [0.29, 0.717) is 11.8 Å². The molecule has 0 saturated carbocycles. The van der Waals surface area contributed by atoms with Crippen molar-refractivity contribution in [2.24, 2.45) is 11.8 Å². The normalized spacial score (nSPS) is 22.0. The van der Waals surface area contributed by atoms with Crippen molar-refractivity contribution in [3.8, 4) is 0 Å². The maximum Gasteiger partial charge on any atom is 0.345 e. The molecule has 3 heterocycles. The summed E-state index contributed by atoms with van der Waals surface area (Å²) in [6.45, 7) is 10.2. The first-order chi connectivity index (χ1) is 12.5. The highest BCUT2D eigenvalue weighted by Gasteiger charge is 2.27. The van der Waals surface area contributed by atoms with E-state index in [-0.39, 0.29) is 11.6 Å². The summed E-state index contributed by atoms with van der Waals surface area (Å²) in [6, 6.07) is 1.75. The van der Waals surface area contributed by atoms with E-state index < -0.39 is 5.69 Å². The van der Waals surface area contributed by atoms with Crippen LogP contribution in [-0.2, 0) is 11.2 Å². The number of H-pyrrole nitrogens is 1. The van der Waals surface area contributed by atoms with Crippen LogP contribution in [0.15, 0.2) is 10.9 Å². The molecule has 0 unspecified atom stereocenters. The molecule has 0 bridgehead atoms. The highest BCUT2D eigenvalue weighted by molar-refractivity contribution is 5.92. The van der Waals surface area contributed by atoms with E-state index in [0.717, 1.165) is 70.9 Å². The second kappa shape index (κ2) is 8.77. The number of carbonyl (C=O) groups excluding carboxylic acids is 1. The summed E-state index contributed by atoms with van der Waals surface area (Å²) in [5.41, 5.74) is 0.620. The second-order valence-electron chi connectivity index (χ2n) is 7.87. The minimum atomic E-state index is -0.437. The zero-order valence-corrected chi connectivity index (χ0v) is 15.9. The molecular formula is C19H30N4O3. The predicted molar refractivity (Wildman–Crippen MR) is 99.3 cm³/mol. The van der Waals surface area contributed by atoms with Crippen LogP contribution < -0.4 is 5.69 Å². The molecule has 0 spiro atoms. The molecule has 3 rings (SSSR count). The first-order valence-electron chi connectivity index (χ1n) is 9.71. The summed E-state index contributed by atoms with van der Waals surface area (Å²) in [5, 5.41) is 0. The molecule has 144 valence electrons. The number of aromatic amines is 1. The van der Waals surface area contributed by atoms with Crippen LogP contribution in [0.3, 0.4) is 0 Å². The van der Waals surface area contributed by atoms with Gasteiger partial charge in [-0.25, -0.2) is 4.79 Å². The third kappa shape index (κ3) is 5.14. The Bertz CT molecular complexity index is 667. The smallest absolute Gasteiger partial charge is 0.345 e. The average molecular weight is 362 g/mol. The zero-order valence-electron chi connectivity index (χ0n) is 15.9. The Hall–Kier alpha value is -1.73. The van der Waals surface area contributed by atoms with Gasteiger partial charge in [0.25, 0.3) is 5.91 Å². The molecule has 0 aromatic carbocycles. The number of likely N-dealkylation sites (tertiary alicyclic amines) is 1. The molecular weight excluding hydrogens is 332 g/mol. The molecule has 7 nitrogen and oxygen atoms in total. The SMILES string of the molecule is CC(C)Cc1cc(C(=O)N2CCC[C@@H](CN3CCOCC3)C2)nc(=O)[nH]1. The molecule has 26 heavy (non-hydrogen) atoms. The molecule has 1 amide bonds. The van der Waals surface area contributed by atoms with Gasteiger partial charge >= 0.3 is 5.69 Å². The fraction of sp³-hybridized carbons (Fsp3) is 0.737. The lowest BCUT2D eigenvalue weighted by atomic mass is 9.97. The summed E-state index contributed by atoms with van der Waals surface area (Å²) in [6.07, 6.45) is 2.88. The van der Waals surface area contributed by atoms with Gasteiger partial charge < -0.3 is 14.6 Å². The first-order valence-corrected chi connectivity index (χ1v) is 9.71. The van der Waals surface area contributed by atoms with Crippen LogP contribution in [0.25, 0.3) is 0 Å². The number of aromatic nitrogens is 2. The number of amides is 1. The first kappa shape index (κ1) is 19.0. The van der Waals surface area contributed by atoms with Gasteiger partial charge in [0.1, 0.15) is 5.69 Å². The molecule has 2 saturated heterocycles. The molecule has 0 radical (unpaired) electrons. The third-order valence-electron chi connectivity index (χ3n) is 5.07. The average Bonchev–Trinajstić information content (AvgIpc) is 2.61. The van der Waals surface area contributed by atoms with E-state index in [1.54, 1.807) is 6.07 Å². The molecule has 2 aliphatic heterocycles. The number of nitrogens with one attached hydrogen (secondary N) is 1. The van der Waals surface area contributed by atoms with E-state index in [1.807, 2.05) is 4.90 Å². The van der Waals surface area contributed by atoms with Gasteiger partial charge in [-0.05, 0) is 37.2 Å². The van der Waals surface area contributed by atoms with Gasteiger partial charge in [0.2, 0.25) is 0 Å². The van der Waals surface area contributed by atoms with E-state index in [9.17, 15) is 9.59 Å². The van der Waals surface area contributed by atoms with Crippen molar-refractivity contribution in [3.05, 3.63) is 27.9 Å². The molecule has 1 atom stereocenters. The fourth-order valence-corrected chi connectivity index (χ4v) is 3.88. The standard InChI is InChI=1S/C19H30N4O3/c1-14(2)10-16-11-17(21-19(25)20-16)18(24)23-5-3-4-15(13-23)12-22-6-8-26-9-7-22/h11,14-15H,3-10,12-13H2,1-2H3,(H,20,21,25)/t15-/m0/s1. The number of hydrogen-bond donors (Lipinski definition) is 1. The van der Waals surface area contributed by atoms with Crippen LogP contribution in [0.2, 0.25) is 0 Å². The van der Waals surface area contributed by atoms with Gasteiger partial charge in [0.15, 0.2) is 0 Å². The number of rotatable bonds is 5. The summed E-state index contributed by atoms with van der Waals surface area (Å²) in [4.78, 5) is 35.7. The minimum absolute atomic E-state index is 0.118. The molecule has 2 aliphatic rings. The van der Waals surface area contributed by atoms with E-state index in [1.165, 1.54) is 0 Å². The molecule has 1 aromatic rings. The Kier molecular flexibility index (Phi) is 6.43. The van der Waals surface area contributed by atoms with Crippen LogP contribution in [0.4, 0.5) is 0 Å². The summed E-state index contributed by atoms with van der Waals surface area (Å²) in [7, 11) is 0. The maximum atomic E-state index is 12.9. The van der Waals surface area contributed by atoms with Crippen LogP contribution in [0, 0.1) is 11.8 Å². The van der Waals surface area contributed by atoms with Crippen molar-refractivity contribution in [3.63, 3.8) is 0 Å². The summed E-state index contributed by atoms with van der Waals surface area (Å²) < 4.78 is 5.41. The van der Waals surface area contributed by atoms with Crippen LogP contribution in [0.5, 0.6) is 0 Å². The zero-order chi connectivity index (χ0) is 18.5. The van der Waals surface area contributed by atoms with Gasteiger partial charge in [-0.15, -0.1) is 0 Å². The number of morpholine rings is 1. The molecule has 0 aliphatic carbocycles. The lowest BCUT2D eigenvalue weighted by Gasteiger charge is -2.36. The topological polar surface area (TPSA) is 78.5 Å². The van der Waals surface area contributed by atoms with Crippen molar-refractivity contribution in [1.82, 2.24) is 19.8 Å². The van der Waals surface area contributed by atoms with E-state index in [2.05, 4.69) is 28.7 Å². The number of carbonyl (C=O) groups is 1. The van der Waals surface area contributed by atoms with Crippen LogP contribution >= 0.6 is 0 Å². The van der Waals surface area contributed by atoms with E-state index >= 15 is 0 Å². The largest absolute Gasteiger partial charge is 0.379 e. The third-order valence-corrected chi connectivity index (χ3v) is 5.07. The Morgan fingerprint density at radius 3 is 2.85 bits per heavy atom. The van der Waals surface area contributed by atoms with Crippen LogP contribution in [0.1, 0.15) is 42.9 Å². The lowest BCUT2D eigenvalue weighted by molar-refractivity contribution is 0.0223. The van der Waals surface area contributed by atoms with Crippen molar-refractivity contribution in [2.45, 2.75) is 33.1 Å². The molecule has 2 fully saturated rings. The van der Waals surface area contributed by atoms with Gasteiger partial charge in [-0.1, -0.05) is 13.8 Å². The van der Waals surface area contributed by atoms with Gasteiger partial charge in [-0.2, -0.15) is 4.98 Å². The molecule has 1 N–H and O–H groups in total. The number of piperidine rings is 1. The number of ether oxygens (including phenoxy) is 1. The maximum absolute atomic E-state index is 12.9. The van der Waals surface area contributed by atoms with Crippen molar-refractivity contribution < 1.29 is 9.53 Å². The Morgan fingerprint density at radius 1 is 1.35 bits per heavy atom. The quantitative estimate of drug-likeness (QED) is 0.850. The van der Waals surface area contributed by atoms with Gasteiger partial charge in [0.05, 0.1) is 13.2 Å². The van der Waals surface area contributed by atoms with Gasteiger partial charge in [-0.3, -0.25) is 9.69 Å². The van der Waals surface area contributed by atoms with Crippen molar-refractivity contribution in [1.29, 1.82) is 0 Å². The number of nitrogens with zero attached hydrogens (tertiary/aromatic N) is 3. The Balaban J connectivity index is 1.65.